The summed E-state index contributed by atoms with van der Waals surface area (Å²) in [5.41, 5.74) is 1.66. The summed E-state index contributed by atoms with van der Waals surface area (Å²) < 4.78 is 5.83. The van der Waals surface area contributed by atoms with E-state index in [1.165, 1.54) is 6.07 Å². The molecule has 0 amide bonds. The summed E-state index contributed by atoms with van der Waals surface area (Å²) in [5.74, 6) is 1.11. The van der Waals surface area contributed by atoms with Gasteiger partial charge in [-0.1, -0.05) is 52.5 Å². The Kier molecular flexibility index (Phi) is 5.26. The van der Waals surface area contributed by atoms with Gasteiger partial charge in [-0.2, -0.15) is 0 Å². The molecule has 140 valence electrons. The summed E-state index contributed by atoms with van der Waals surface area (Å²) in [5, 5.41) is 12.3. The van der Waals surface area contributed by atoms with Gasteiger partial charge in [0, 0.05) is 10.9 Å². The Bertz CT molecular complexity index is 1230. The number of pyridine rings is 1. The van der Waals surface area contributed by atoms with E-state index in [0.29, 0.717) is 48.7 Å². The molecule has 3 nitrogen and oxygen atoms in total. The molecule has 0 saturated carbocycles. The third kappa shape index (κ3) is 3.59. The van der Waals surface area contributed by atoms with Crippen LogP contribution in [-0.2, 0) is 0 Å². The van der Waals surface area contributed by atoms with Crippen molar-refractivity contribution in [1.82, 2.24) is 4.98 Å². The van der Waals surface area contributed by atoms with E-state index < -0.39 is 0 Å². The highest BCUT2D eigenvalue weighted by molar-refractivity contribution is 6.43. The zero-order chi connectivity index (χ0) is 19.8. The lowest BCUT2D eigenvalue weighted by molar-refractivity contribution is 0.480. The van der Waals surface area contributed by atoms with Gasteiger partial charge in [0.25, 0.3) is 0 Å². The van der Waals surface area contributed by atoms with Gasteiger partial charge in [-0.05, 0) is 54.6 Å². The lowest BCUT2D eigenvalue weighted by Crippen LogP contribution is -1.86. The summed E-state index contributed by atoms with van der Waals surface area (Å²) in [7, 11) is 0. The number of hydrogen-bond donors (Lipinski definition) is 1. The highest BCUT2D eigenvalue weighted by Crippen LogP contribution is 2.37. The van der Waals surface area contributed by atoms with E-state index in [-0.39, 0.29) is 10.8 Å². The first kappa shape index (κ1) is 19.2. The molecule has 0 fully saturated rings. The summed E-state index contributed by atoms with van der Waals surface area (Å²) >= 11 is 24.4. The van der Waals surface area contributed by atoms with Crippen LogP contribution in [-0.4, -0.2) is 10.1 Å². The number of halogens is 4. The number of phenols is 1. The Morgan fingerprint density at radius 3 is 2.50 bits per heavy atom. The van der Waals surface area contributed by atoms with Crippen LogP contribution in [0.4, 0.5) is 0 Å². The van der Waals surface area contributed by atoms with E-state index >= 15 is 0 Å². The molecular formula is C21H11Cl4NO2. The van der Waals surface area contributed by atoms with Gasteiger partial charge in [0.1, 0.15) is 17.0 Å². The SMILES string of the molecule is Oc1c(Cl)cc(Cl)c2ccc(C=Cc3ccc(-c4cccc(Cl)c4Cl)o3)nc12. The van der Waals surface area contributed by atoms with Crippen molar-refractivity contribution in [1.29, 1.82) is 0 Å². The van der Waals surface area contributed by atoms with Gasteiger partial charge in [0.2, 0.25) is 0 Å². The number of furan rings is 1. The molecule has 2 aromatic heterocycles. The molecule has 0 atom stereocenters. The molecule has 2 aromatic carbocycles. The summed E-state index contributed by atoms with van der Waals surface area (Å²) in [6, 6.07) is 14.0. The third-order valence-corrected chi connectivity index (χ3v) is 5.56. The maximum atomic E-state index is 10.2. The molecule has 1 N–H and O–H groups in total. The minimum Gasteiger partial charge on any atom is -0.504 e. The van der Waals surface area contributed by atoms with Gasteiger partial charge >= 0.3 is 0 Å². The standard InChI is InChI=1S/C21H11Cl4NO2/c22-15-3-1-2-14(19(15)25)18-9-7-12(28-18)6-4-11-5-8-13-16(23)10-17(24)21(27)20(13)26-11/h1-10,27H. The fourth-order valence-electron chi connectivity index (χ4n) is 2.76. The predicted octanol–water partition coefficient (Wildman–Crippen LogP) is 7.98. The van der Waals surface area contributed by atoms with Crippen molar-refractivity contribution in [2.24, 2.45) is 0 Å². The predicted molar refractivity (Wildman–Crippen MR) is 117 cm³/mol. The third-order valence-electron chi connectivity index (χ3n) is 4.14. The van der Waals surface area contributed by atoms with Crippen molar-refractivity contribution in [2.75, 3.05) is 0 Å². The van der Waals surface area contributed by atoms with Crippen molar-refractivity contribution >= 4 is 69.5 Å². The van der Waals surface area contributed by atoms with Crippen LogP contribution >= 0.6 is 46.4 Å². The highest BCUT2D eigenvalue weighted by atomic mass is 35.5. The first-order chi connectivity index (χ1) is 13.4. The number of hydrogen-bond acceptors (Lipinski definition) is 3. The van der Waals surface area contributed by atoms with Crippen LogP contribution in [0.2, 0.25) is 20.1 Å². The normalized spacial score (nSPS) is 11.6. The van der Waals surface area contributed by atoms with Crippen molar-refractivity contribution in [3.8, 4) is 17.1 Å². The van der Waals surface area contributed by atoms with Crippen molar-refractivity contribution in [3.05, 3.63) is 80.1 Å². The van der Waals surface area contributed by atoms with Gasteiger partial charge in [-0.25, -0.2) is 4.98 Å². The maximum Gasteiger partial charge on any atom is 0.160 e. The molecule has 4 aromatic rings. The van der Waals surface area contributed by atoms with Gasteiger partial charge in [-0.15, -0.1) is 0 Å². The molecule has 0 aliphatic carbocycles. The van der Waals surface area contributed by atoms with E-state index in [0.717, 1.165) is 0 Å². The topological polar surface area (TPSA) is 46.3 Å². The molecule has 2 heterocycles. The average molecular weight is 451 g/mol. The first-order valence-corrected chi connectivity index (χ1v) is 9.65. The molecule has 0 spiro atoms. The first-order valence-electron chi connectivity index (χ1n) is 8.14. The smallest absolute Gasteiger partial charge is 0.160 e. The quantitative estimate of drug-likeness (QED) is 0.344. The maximum absolute atomic E-state index is 10.2. The number of aromatic hydroxyl groups is 1. The van der Waals surface area contributed by atoms with Crippen LogP contribution in [0, 0.1) is 0 Å². The lowest BCUT2D eigenvalue weighted by Gasteiger charge is -2.05. The molecule has 0 aliphatic heterocycles. The number of phenolic OH excluding ortho intramolecular Hbond substituents is 1. The summed E-state index contributed by atoms with van der Waals surface area (Å²) in [6.45, 7) is 0. The van der Waals surface area contributed by atoms with Gasteiger partial charge in [-0.3, -0.25) is 0 Å². The molecule has 7 heteroatoms. The number of nitrogens with zero attached hydrogens (tertiary/aromatic N) is 1. The Morgan fingerprint density at radius 2 is 1.68 bits per heavy atom. The number of benzene rings is 2. The van der Waals surface area contributed by atoms with Crippen LogP contribution < -0.4 is 0 Å². The lowest BCUT2D eigenvalue weighted by atomic mass is 10.1. The van der Waals surface area contributed by atoms with Crippen molar-refractivity contribution in [2.45, 2.75) is 0 Å². The van der Waals surface area contributed by atoms with Crippen LogP contribution in [0.1, 0.15) is 11.5 Å². The molecule has 0 bridgehead atoms. The number of fused-ring (bicyclic) bond motifs is 1. The molecule has 0 radical (unpaired) electrons. The second-order valence-corrected chi connectivity index (χ2v) is 7.56. The Balaban J connectivity index is 1.66. The number of aromatic nitrogens is 1. The molecule has 28 heavy (non-hydrogen) atoms. The Labute approximate surface area is 180 Å². The van der Waals surface area contributed by atoms with Crippen LogP contribution in [0.25, 0.3) is 34.4 Å². The minimum atomic E-state index is -0.104. The molecule has 0 aliphatic rings. The monoisotopic (exact) mass is 449 g/mol. The summed E-state index contributed by atoms with van der Waals surface area (Å²) in [6.07, 6.45) is 3.52. The highest BCUT2D eigenvalue weighted by Gasteiger charge is 2.12. The second-order valence-electron chi connectivity index (χ2n) is 5.96. The molecule has 4 rings (SSSR count). The van der Waals surface area contributed by atoms with Crippen LogP contribution in [0.5, 0.6) is 5.75 Å². The molecule has 0 saturated heterocycles. The zero-order valence-electron chi connectivity index (χ0n) is 14.1. The zero-order valence-corrected chi connectivity index (χ0v) is 17.1. The fourth-order valence-corrected chi connectivity index (χ4v) is 3.67. The van der Waals surface area contributed by atoms with Crippen LogP contribution in [0.3, 0.4) is 0 Å². The fraction of sp³-hybridized carbons (Fsp3) is 0. The molecular weight excluding hydrogens is 440 g/mol. The van der Waals surface area contributed by atoms with Gasteiger partial charge in [0.05, 0.1) is 25.8 Å². The van der Waals surface area contributed by atoms with E-state index in [4.69, 9.17) is 50.8 Å². The van der Waals surface area contributed by atoms with E-state index in [1.54, 1.807) is 30.4 Å². The average Bonchev–Trinajstić information content (AvgIpc) is 3.15. The second kappa shape index (κ2) is 7.69. The number of rotatable bonds is 3. The van der Waals surface area contributed by atoms with E-state index in [2.05, 4.69) is 4.98 Å². The van der Waals surface area contributed by atoms with Crippen LogP contribution in [0.15, 0.2) is 52.9 Å². The van der Waals surface area contributed by atoms with E-state index in [9.17, 15) is 5.11 Å². The minimum absolute atomic E-state index is 0.104. The van der Waals surface area contributed by atoms with Gasteiger partial charge < -0.3 is 9.52 Å². The largest absolute Gasteiger partial charge is 0.504 e. The van der Waals surface area contributed by atoms with Gasteiger partial charge in [0.15, 0.2) is 5.75 Å². The van der Waals surface area contributed by atoms with E-state index in [1.807, 2.05) is 24.3 Å². The Morgan fingerprint density at radius 1 is 0.857 bits per heavy atom. The Hall–Kier alpha value is -2.17. The van der Waals surface area contributed by atoms with Crippen molar-refractivity contribution < 1.29 is 9.52 Å². The summed E-state index contributed by atoms with van der Waals surface area (Å²) in [4.78, 5) is 4.42. The van der Waals surface area contributed by atoms with Crippen molar-refractivity contribution in [3.63, 3.8) is 0 Å². The molecule has 0 unspecified atom stereocenters.